The van der Waals surface area contributed by atoms with Crippen LogP contribution in [-0.2, 0) is 16.5 Å². The van der Waals surface area contributed by atoms with Crippen molar-refractivity contribution in [2.75, 3.05) is 24.9 Å². The average Bonchev–Trinajstić information content (AvgIpc) is 3.21. The fourth-order valence-corrected chi connectivity index (χ4v) is 4.58. The van der Waals surface area contributed by atoms with Gasteiger partial charge in [-0.25, -0.2) is 14.3 Å². The lowest BCUT2D eigenvalue weighted by Gasteiger charge is -2.10. The van der Waals surface area contributed by atoms with E-state index in [0.717, 1.165) is 11.3 Å². The summed E-state index contributed by atoms with van der Waals surface area (Å²) in [6.45, 7) is 3.41. The Labute approximate surface area is 193 Å². The summed E-state index contributed by atoms with van der Waals surface area (Å²) < 4.78 is 12.9. The zero-order valence-corrected chi connectivity index (χ0v) is 19.8. The van der Waals surface area contributed by atoms with E-state index in [1.807, 2.05) is 30.3 Å². The molecule has 0 radical (unpaired) electrons. The number of benzene rings is 1. The maximum Gasteiger partial charge on any atom is 0.348 e. The molecule has 3 aromatic rings. The Morgan fingerprint density at radius 3 is 2.25 bits per heavy atom. The number of hydrogen-bond donors (Lipinski definition) is 2. The third-order valence-corrected chi connectivity index (χ3v) is 6.32. The molecule has 0 aliphatic rings. The number of methoxy groups -OCH3 is 2. The Bertz CT molecular complexity index is 1260. The average molecular weight is 475 g/mol. The van der Waals surface area contributed by atoms with Gasteiger partial charge in [0.2, 0.25) is 0 Å². The van der Waals surface area contributed by atoms with Crippen LogP contribution in [0.1, 0.15) is 31.3 Å². The molecule has 2 N–H and O–H groups in total. The summed E-state index contributed by atoms with van der Waals surface area (Å²) >= 11 is 6.41. The van der Waals surface area contributed by atoms with E-state index in [0.29, 0.717) is 21.9 Å². The fraction of sp³-hybridized carbons (Fsp3) is 0.238. The number of rotatable bonds is 5. The van der Waals surface area contributed by atoms with Gasteiger partial charge in [-0.3, -0.25) is 9.48 Å². The number of nitrogens with one attached hydrogen (secondary N) is 2. The highest BCUT2D eigenvalue weighted by Crippen LogP contribution is 2.34. The summed E-state index contributed by atoms with van der Waals surface area (Å²) in [4.78, 5) is 37.7. The molecule has 0 saturated heterocycles. The van der Waals surface area contributed by atoms with Crippen molar-refractivity contribution in [1.29, 1.82) is 0 Å². The Balaban J connectivity index is 1.94. The first-order chi connectivity index (χ1) is 15.2. The molecule has 0 atom stereocenters. The minimum atomic E-state index is -0.624. The zero-order valence-electron chi connectivity index (χ0n) is 18.1. The first kappa shape index (κ1) is 23.2. The first-order valence-electron chi connectivity index (χ1n) is 9.43. The van der Waals surface area contributed by atoms with Crippen LogP contribution in [-0.4, -0.2) is 40.6 Å². The largest absolute Gasteiger partial charge is 0.465 e. The molecular weight excluding hydrogens is 452 g/mol. The Morgan fingerprint density at radius 1 is 1.03 bits per heavy atom. The standard InChI is InChI=1S/C21H22N4O5S2/c1-11-14(19(27)29-4)17(32-16(11)20(28)30-5)23-21(31)22-15-12(2)24(3)25(18(15)26)13-9-7-6-8-10-13/h6-10H,1-5H3,(H2,22,23,31). The number of nitrogens with zero attached hydrogens (tertiary/aromatic N) is 2. The van der Waals surface area contributed by atoms with E-state index in [1.165, 1.54) is 18.9 Å². The summed E-state index contributed by atoms with van der Waals surface area (Å²) in [6, 6.07) is 9.21. The van der Waals surface area contributed by atoms with Crippen LogP contribution < -0.4 is 16.2 Å². The lowest BCUT2D eigenvalue weighted by molar-refractivity contribution is 0.0601. The number of carbonyl (C=O) groups excluding carboxylic acids is 2. The van der Waals surface area contributed by atoms with Gasteiger partial charge in [-0.1, -0.05) is 18.2 Å². The van der Waals surface area contributed by atoms with E-state index in [9.17, 15) is 14.4 Å². The molecule has 3 rings (SSSR count). The maximum atomic E-state index is 13.1. The van der Waals surface area contributed by atoms with Crippen LogP contribution in [0.2, 0.25) is 0 Å². The maximum absolute atomic E-state index is 13.1. The second-order valence-electron chi connectivity index (χ2n) is 6.76. The molecule has 0 spiro atoms. The first-order valence-corrected chi connectivity index (χ1v) is 10.7. The summed E-state index contributed by atoms with van der Waals surface area (Å²) in [5.74, 6) is -1.20. The number of carbonyl (C=O) groups is 2. The van der Waals surface area contributed by atoms with Crippen molar-refractivity contribution < 1.29 is 19.1 Å². The van der Waals surface area contributed by atoms with Crippen molar-refractivity contribution in [2.24, 2.45) is 7.05 Å². The lowest BCUT2D eigenvalue weighted by atomic mass is 10.1. The van der Waals surface area contributed by atoms with Gasteiger partial charge in [-0.05, 0) is 43.8 Å². The molecule has 2 aromatic heterocycles. The molecule has 0 fully saturated rings. The molecule has 0 aliphatic carbocycles. The second-order valence-corrected chi connectivity index (χ2v) is 8.19. The van der Waals surface area contributed by atoms with Gasteiger partial charge >= 0.3 is 11.9 Å². The van der Waals surface area contributed by atoms with E-state index in [4.69, 9.17) is 21.7 Å². The van der Waals surface area contributed by atoms with E-state index in [2.05, 4.69) is 10.6 Å². The van der Waals surface area contributed by atoms with E-state index in [-0.39, 0.29) is 26.8 Å². The fourth-order valence-electron chi connectivity index (χ4n) is 3.20. The molecule has 0 unspecified atom stereocenters. The summed E-state index contributed by atoms with van der Waals surface area (Å²) in [5.41, 5.74) is 1.96. The minimum Gasteiger partial charge on any atom is -0.465 e. The molecule has 168 valence electrons. The van der Waals surface area contributed by atoms with Crippen LogP contribution in [0.4, 0.5) is 10.7 Å². The number of thiophene rings is 1. The SMILES string of the molecule is COC(=O)c1sc(NC(=S)Nc2c(C)n(C)n(-c3ccccc3)c2=O)c(C(=O)OC)c1C. The summed E-state index contributed by atoms with van der Waals surface area (Å²) in [6.07, 6.45) is 0. The molecule has 0 aliphatic heterocycles. The van der Waals surface area contributed by atoms with Gasteiger partial charge in [0.25, 0.3) is 5.56 Å². The Morgan fingerprint density at radius 2 is 1.66 bits per heavy atom. The monoisotopic (exact) mass is 474 g/mol. The molecule has 2 heterocycles. The summed E-state index contributed by atoms with van der Waals surface area (Å²) in [5, 5.41) is 6.22. The van der Waals surface area contributed by atoms with Crippen molar-refractivity contribution in [1.82, 2.24) is 9.36 Å². The van der Waals surface area contributed by atoms with Gasteiger partial charge in [0.15, 0.2) is 5.11 Å². The van der Waals surface area contributed by atoms with Gasteiger partial charge in [0, 0.05) is 7.05 Å². The third kappa shape index (κ3) is 4.16. The van der Waals surface area contributed by atoms with Gasteiger partial charge in [-0.2, -0.15) is 0 Å². The number of para-hydroxylation sites is 1. The van der Waals surface area contributed by atoms with Crippen LogP contribution in [0.3, 0.4) is 0 Å². The highest BCUT2D eigenvalue weighted by Gasteiger charge is 2.26. The van der Waals surface area contributed by atoms with Gasteiger partial charge < -0.3 is 20.1 Å². The molecular formula is C21H22N4O5S2. The second kappa shape index (κ2) is 9.37. The minimum absolute atomic E-state index is 0.0823. The van der Waals surface area contributed by atoms with Crippen molar-refractivity contribution in [3.05, 3.63) is 62.4 Å². The number of esters is 2. The van der Waals surface area contributed by atoms with Crippen LogP contribution in [0.25, 0.3) is 5.69 Å². The molecule has 0 bridgehead atoms. The number of hydrogen-bond acceptors (Lipinski definition) is 7. The van der Waals surface area contributed by atoms with Crippen LogP contribution in [0, 0.1) is 13.8 Å². The number of aromatic nitrogens is 2. The normalized spacial score (nSPS) is 10.5. The highest BCUT2D eigenvalue weighted by atomic mass is 32.1. The number of thiocarbonyl (C=S) groups is 1. The Kier molecular flexibility index (Phi) is 6.80. The molecule has 32 heavy (non-hydrogen) atoms. The van der Waals surface area contributed by atoms with Gasteiger partial charge in [0.1, 0.15) is 15.6 Å². The molecule has 0 amide bonds. The molecule has 11 heteroatoms. The van der Waals surface area contributed by atoms with E-state index in [1.54, 1.807) is 25.6 Å². The summed E-state index contributed by atoms with van der Waals surface area (Å²) in [7, 11) is 4.28. The van der Waals surface area contributed by atoms with Crippen molar-refractivity contribution in [3.8, 4) is 5.69 Å². The van der Waals surface area contributed by atoms with Crippen LogP contribution in [0.15, 0.2) is 35.1 Å². The molecule has 9 nitrogen and oxygen atoms in total. The Hall–Kier alpha value is -3.44. The van der Waals surface area contributed by atoms with Crippen molar-refractivity contribution >= 4 is 51.3 Å². The smallest absolute Gasteiger partial charge is 0.348 e. The van der Waals surface area contributed by atoms with Gasteiger partial charge in [-0.15, -0.1) is 11.3 Å². The van der Waals surface area contributed by atoms with Crippen LogP contribution >= 0.6 is 23.6 Å². The zero-order chi connectivity index (χ0) is 23.6. The number of anilines is 2. The molecule has 1 aromatic carbocycles. The topological polar surface area (TPSA) is 104 Å². The predicted molar refractivity (Wildman–Crippen MR) is 127 cm³/mol. The van der Waals surface area contributed by atoms with Crippen LogP contribution in [0.5, 0.6) is 0 Å². The highest BCUT2D eigenvalue weighted by molar-refractivity contribution is 7.80. The van der Waals surface area contributed by atoms with E-state index < -0.39 is 11.9 Å². The quantitative estimate of drug-likeness (QED) is 0.429. The van der Waals surface area contributed by atoms with Gasteiger partial charge in [0.05, 0.1) is 31.2 Å². The predicted octanol–water partition coefficient (Wildman–Crippen LogP) is 3.24. The number of ether oxygens (including phenoxy) is 2. The van der Waals surface area contributed by atoms with Crippen molar-refractivity contribution in [2.45, 2.75) is 13.8 Å². The lowest BCUT2D eigenvalue weighted by Crippen LogP contribution is -2.25. The third-order valence-electron chi connectivity index (χ3n) is 4.93. The molecule has 0 saturated carbocycles. The van der Waals surface area contributed by atoms with Crippen molar-refractivity contribution in [3.63, 3.8) is 0 Å². The van der Waals surface area contributed by atoms with E-state index >= 15 is 0 Å².